The van der Waals surface area contributed by atoms with Crippen LogP contribution in [0.2, 0.25) is 5.02 Å². The van der Waals surface area contributed by atoms with E-state index in [1.807, 2.05) is 47.4 Å². The summed E-state index contributed by atoms with van der Waals surface area (Å²) in [5.74, 6) is -0.479. The highest BCUT2D eigenvalue weighted by Gasteiger charge is 2.28. The lowest BCUT2D eigenvalue weighted by Gasteiger charge is -2.21. The first-order valence-electron chi connectivity index (χ1n) is 10.8. The molecule has 0 spiro atoms. The number of primary amides is 1. The van der Waals surface area contributed by atoms with Gasteiger partial charge in [-0.2, -0.15) is 0 Å². The molecule has 1 fully saturated rings. The minimum Gasteiger partial charge on any atom is -0.368 e. The molecule has 5 N–H and O–H groups in total. The third kappa shape index (κ3) is 4.26. The number of halogens is 2. The second-order valence-corrected chi connectivity index (χ2v) is 9.68. The van der Waals surface area contributed by atoms with Crippen molar-refractivity contribution in [3.05, 3.63) is 57.5 Å². The normalized spacial score (nSPS) is 16.6. The number of aromatic amines is 2. The zero-order valence-corrected chi connectivity index (χ0v) is 20.1. The molecule has 0 aliphatic carbocycles. The van der Waals surface area contributed by atoms with E-state index >= 15 is 0 Å². The number of carbonyl (C=O) groups is 2. The van der Waals surface area contributed by atoms with E-state index < -0.39 is 0 Å². The molecule has 0 radical (unpaired) electrons. The Balaban J connectivity index is 1.46. The quantitative estimate of drug-likeness (QED) is 0.298. The van der Waals surface area contributed by atoms with Crippen LogP contribution in [-0.4, -0.2) is 52.4 Å². The van der Waals surface area contributed by atoms with Crippen LogP contribution in [-0.2, 0) is 4.79 Å². The molecule has 0 saturated carbocycles. The minimum absolute atomic E-state index is 0.176. The maximum atomic E-state index is 13.4. The molecule has 2 aromatic carbocycles. The molecule has 9 heteroatoms. The van der Waals surface area contributed by atoms with E-state index in [9.17, 15) is 9.59 Å². The smallest absolute Gasteiger partial charge is 0.254 e. The van der Waals surface area contributed by atoms with Gasteiger partial charge in [0.25, 0.3) is 5.91 Å². The fourth-order valence-electron chi connectivity index (χ4n) is 4.66. The maximum Gasteiger partial charge on any atom is 0.254 e. The number of nitrogens with one attached hydrogen (secondary N) is 3. The van der Waals surface area contributed by atoms with Crippen molar-refractivity contribution in [3.8, 4) is 11.4 Å². The summed E-state index contributed by atoms with van der Waals surface area (Å²) >= 11 is 9.66. The lowest BCUT2D eigenvalue weighted by molar-refractivity contribution is -0.122. The van der Waals surface area contributed by atoms with Gasteiger partial charge >= 0.3 is 0 Å². The van der Waals surface area contributed by atoms with Gasteiger partial charge in [0.05, 0.1) is 23.0 Å². The van der Waals surface area contributed by atoms with Gasteiger partial charge in [-0.25, -0.2) is 0 Å². The largest absolute Gasteiger partial charge is 0.368 e. The fourth-order valence-corrected chi connectivity index (χ4v) is 5.20. The zero-order valence-electron chi connectivity index (χ0n) is 17.8. The highest BCUT2D eigenvalue weighted by molar-refractivity contribution is 9.10. The summed E-state index contributed by atoms with van der Waals surface area (Å²) in [6.45, 7) is 1.81. The number of benzene rings is 2. The topological polar surface area (TPSA) is 107 Å². The molecular formula is C24H23BrClN5O2. The third-order valence-electron chi connectivity index (χ3n) is 6.22. The Morgan fingerprint density at radius 3 is 2.82 bits per heavy atom. The van der Waals surface area contributed by atoms with Gasteiger partial charge in [0.2, 0.25) is 5.91 Å². The Labute approximate surface area is 203 Å². The van der Waals surface area contributed by atoms with Crippen molar-refractivity contribution in [3.63, 3.8) is 0 Å². The number of likely N-dealkylation sites (tertiary alicyclic amines) is 1. The number of rotatable bonds is 6. The van der Waals surface area contributed by atoms with Crippen LogP contribution in [0.25, 0.3) is 33.2 Å². The van der Waals surface area contributed by atoms with Crippen LogP contribution in [0.4, 0.5) is 0 Å². The van der Waals surface area contributed by atoms with Gasteiger partial charge in [0.1, 0.15) is 0 Å². The maximum absolute atomic E-state index is 13.4. The van der Waals surface area contributed by atoms with Crippen molar-refractivity contribution < 1.29 is 9.59 Å². The summed E-state index contributed by atoms with van der Waals surface area (Å²) < 4.78 is 0.921. The number of fused-ring (bicyclic) bond motifs is 2. The average molecular weight is 529 g/mol. The van der Waals surface area contributed by atoms with Crippen LogP contribution < -0.4 is 11.1 Å². The fraction of sp³-hybridized carbons (Fsp3) is 0.250. The number of nitrogens with zero attached hydrogens (tertiary/aromatic N) is 1. The van der Waals surface area contributed by atoms with Crippen molar-refractivity contribution in [1.29, 1.82) is 0 Å². The van der Waals surface area contributed by atoms with Gasteiger partial charge in [-0.05, 0) is 55.8 Å². The van der Waals surface area contributed by atoms with Crippen LogP contribution in [0.15, 0.2) is 46.9 Å². The first-order chi connectivity index (χ1) is 15.9. The van der Waals surface area contributed by atoms with Crippen molar-refractivity contribution in [2.75, 3.05) is 19.6 Å². The molecule has 1 atom stereocenters. The predicted octanol–water partition coefficient (Wildman–Crippen LogP) is 4.41. The first kappa shape index (κ1) is 22.0. The van der Waals surface area contributed by atoms with Crippen molar-refractivity contribution in [1.82, 2.24) is 20.2 Å². The first-order valence-corrected chi connectivity index (χ1v) is 12.0. The summed E-state index contributed by atoms with van der Waals surface area (Å²) in [4.78, 5) is 33.8. The Kier molecular flexibility index (Phi) is 5.90. The lowest BCUT2D eigenvalue weighted by Crippen LogP contribution is -2.43. The number of H-pyrrole nitrogens is 2. The van der Waals surface area contributed by atoms with Crippen molar-refractivity contribution in [2.24, 2.45) is 5.73 Å². The van der Waals surface area contributed by atoms with E-state index in [0.29, 0.717) is 29.4 Å². The Hall–Kier alpha value is -2.81. The van der Waals surface area contributed by atoms with Gasteiger partial charge in [-0.3, -0.25) is 14.5 Å². The molecule has 7 nitrogen and oxygen atoms in total. The van der Waals surface area contributed by atoms with Gasteiger partial charge in [-0.1, -0.05) is 33.6 Å². The predicted molar refractivity (Wildman–Crippen MR) is 134 cm³/mol. The number of nitrogens with two attached hydrogens (primary N) is 1. The SMILES string of the molecule is NC(=O)C1CCCN1CCNC(=O)c1c(-c2cc3cc(Cl)ccc3[nH]2)[nH]c2cc(Br)ccc12. The summed E-state index contributed by atoms with van der Waals surface area (Å²) in [5, 5.41) is 5.49. The number of amides is 2. The molecule has 0 bridgehead atoms. The molecule has 2 amide bonds. The Morgan fingerprint density at radius 1 is 1.15 bits per heavy atom. The highest BCUT2D eigenvalue weighted by atomic mass is 79.9. The standard InChI is InChI=1S/C24H23BrClN5O2/c25-14-3-5-16-18(12-14)30-22(19-11-13-10-15(26)4-6-17(13)29-19)21(16)24(33)28-7-9-31-8-1-2-20(31)23(27)32/h3-6,10-12,20,29-30H,1-2,7-9H2,(H2,27,32)(H,28,33). The van der Waals surface area contributed by atoms with E-state index in [1.54, 1.807) is 0 Å². The Bertz CT molecular complexity index is 1380. The minimum atomic E-state index is -0.303. The van der Waals surface area contributed by atoms with E-state index in [4.69, 9.17) is 17.3 Å². The Morgan fingerprint density at radius 2 is 2.00 bits per heavy atom. The molecule has 4 aromatic rings. The molecule has 1 aliphatic heterocycles. The number of aromatic nitrogens is 2. The van der Waals surface area contributed by atoms with Crippen molar-refractivity contribution >= 4 is 61.2 Å². The third-order valence-corrected chi connectivity index (χ3v) is 6.94. The summed E-state index contributed by atoms with van der Waals surface area (Å²) in [6, 6.07) is 13.2. The molecule has 1 unspecified atom stereocenters. The molecule has 3 heterocycles. The van der Waals surface area contributed by atoms with E-state index in [2.05, 4.69) is 31.2 Å². The average Bonchev–Trinajstić information content (AvgIpc) is 3.49. The highest BCUT2D eigenvalue weighted by Crippen LogP contribution is 2.33. The van der Waals surface area contributed by atoms with Crippen LogP contribution in [0.3, 0.4) is 0 Å². The van der Waals surface area contributed by atoms with Gasteiger partial charge in [-0.15, -0.1) is 0 Å². The summed E-state index contributed by atoms with van der Waals surface area (Å²) in [7, 11) is 0. The summed E-state index contributed by atoms with van der Waals surface area (Å²) in [6.07, 6.45) is 1.71. The zero-order chi connectivity index (χ0) is 23.1. The van der Waals surface area contributed by atoms with E-state index in [0.717, 1.165) is 51.4 Å². The van der Waals surface area contributed by atoms with Crippen LogP contribution in [0.5, 0.6) is 0 Å². The number of hydrogen-bond acceptors (Lipinski definition) is 3. The molecule has 170 valence electrons. The van der Waals surface area contributed by atoms with Crippen LogP contribution >= 0.6 is 27.5 Å². The van der Waals surface area contributed by atoms with Crippen LogP contribution in [0, 0.1) is 0 Å². The molecule has 2 aromatic heterocycles. The van der Waals surface area contributed by atoms with E-state index in [1.165, 1.54) is 0 Å². The second-order valence-electron chi connectivity index (χ2n) is 8.33. The molecule has 33 heavy (non-hydrogen) atoms. The van der Waals surface area contributed by atoms with E-state index in [-0.39, 0.29) is 17.9 Å². The monoisotopic (exact) mass is 527 g/mol. The van der Waals surface area contributed by atoms with Crippen LogP contribution in [0.1, 0.15) is 23.2 Å². The lowest BCUT2D eigenvalue weighted by atomic mass is 10.1. The summed E-state index contributed by atoms with van der Waals surface area (Å²) in [5.41, 5.74) is 9.39. The number of carbonyl (C=O) groups excluding carboxylic acids is 2. The van der Waals surface area contributed by atoms with Crippen molar-refractivity contribution in [2.45, 2.75) is 18.9 Å². The molecule has 1 saturated heterocycles. The molecule has 5 rings (SSSR count). The van der Waals surface area contributed by atoms with Gasteiger partial charge in [0, 0.05) is 44.4 Å². The molecular weight excluding hydrogens is 506 g/mol. The van der Waals surface area contributed by atoms with Gasteiger partial charge < -0.3 is 21.0 Å². The second kappa shape index (κ2) is 8.85. The molecule has 1 aliphatic rings. The van der Waals surface area contributed by atoms with Gasteiger partial charge in [0.15, 0.2) is 0 Å². The number of hydrogen-bond donors (Lipinski definition) is 4.